The van der Waals surface area contributed by atoms with Gasteiger partial charge in [-0.2, -0.15) is 0 Å². The van der Waals surface area contributed by atoms with Gasteiger partial charge in [0, 0.05) is 12.1 Å². The van der Waals surface area contributed by atoms with Crippen molar-refractivity contribution in [2.45, 2.75) is 11.3 Å². The maximum absolute atomic E-state index is 11.7. The van der Waals surface area contributed by atoms with Crippen LogP contribution in [0, 0.1) is 0 Å². The van der Waals surface area contributed by atoms with Crippen LogP contribution in [0.3, 0.4) is 0 Å². The average molecular weight is 239 g/mol. The third-order valence-electron chi connectivity index (χ3n) is 2.29. The number of nitrogens with zero attached hydrogens (tertiary/aromatic N) is 1. The lowest BCUT2D eigenvalue weighted by atomic mass is 10.2. The molecule has 1 heterocycles. The minimum absolute atomic E-state index is 0.293. The standard InChI is InChI=1S/C10H13N3O2S/c11-6-3-7-12-10-8-4-1-2-5-9(8)16(14,15)13-10/h1-2,4-5H,3,6-7,11H2,(H,12,13). The van der Waals surface area contributed by atoms with E-state index in [1.807, 2.05) is 0 Å². The largest absolute Gasteiger partial charge is 0.330 e. The van der Waals surface area contributed by atoms with E-state index < -0.39 is 10.0 Å². The molecule has 3 N–H and O–H groups in total. The number of nitrogens with one attached hydrogen (secondary N) is 1. The first-order chi connectivity index (χ1) is 7.65. The summed E-state index contributed by atoms with van der Waals surface area (Å²) < 4.78 is 25.8. The Morgan fingerprint density at radius 2 is 2.06 bits per heavy atom. The molecule has 2 rings (SSSR count). The molecule has 1 aromatic rings. The first-order valence-corrected chi connectivity index (χ1v) is 6.50. The predicted molar refractivity (Wildman–Crippen MR) is 61.8 cm³/mol. The number of fused-ring (bicyclic) bond motifs is 1. The Labute approximate surface area is 94.4 Å². The quantitative estimate of drug-likeness (QED) is 0.732. The van der Waals surface area contributed by atoms with Crippen LogP contribution >= 0.6 is 0 Å². The Morgan fingerprint density at radius 1 is 1.31 bits per heavy atom. The average Bonchev–Trinajstić information content (AvgIpc) is 2.52. The van der Waals surface area contributed by atoms with Gasteiger partial charge in [0.2, 0.25) is 0 Å². The normalized spacial score (nSPS) is 19.4. The second kappa shape index (κ2) is 4.23. The van der Waals surface area contributed by atoms with Crippen molar-refractivity contribution in [1.82, 2.24) is 4.72 Å². The van der Waals surface area contributed by atoms with Gasteiger partial charge in [0.25, 0.3) is 10.0 Å². The third-order valence-corrected chi connectivity index (χ3v) is 3.69. The molecule has 5 nitrogen and oxygen atoms in total. The van der Waals surface area contributed by atoms with Gasteiger partial charge in [-0.1, -0.05) is 12.1 Å². The Bertz CT molecular complexity index is 523. The molecule has 0 aromatic heterocycles. The van der Waals surface area contributed by atoms with Gasteiger partial charge in [0.05, 0.1) is 4.90 Å². The van der Waals surface area contributed by atoms with E-state index in [0.717, 1.165) is 6.42 Å². The zero-order valence-corrected chi connectivity index (χ0v) is 9.50. The van der Waals surface area contributed by atoms with Crippen LogP contribution in [-0.4, -0.2) is 27.3 Å². The fourth-order valence-electron chi connectivity index (χ4n) is 1.53. The van der Waals surface area contributed by atoms with E-state index in [9.17, 15) is 8.42 Å². The summed E-state index contributed by atoms with van der Waals surface area (Å²) in [6.45, 7) is 1.08. The Morgan fingerprint density at radius 3 is 2.81 bits per heavy atom. The van der Waals surface area contributed by atoms with E-state index in [1.165, 1.54) is 0 Å². The van der Waals surface area contributed by atoms with Crippen LogP contribution in [0.25, 0.3) is 0 Å². The summed E-state index contributed by atoms with van der Waals surface area (Å²) in [5.74, 6) is 0.420. The van der Waals surface area contributed by atoms with Crippen LogP contribution in [0.5, 0.6) is 0 Å². The molecule has 0 amide bonds. The van der Waals surface area contributed by atoms with Crippen molar-refractivity contribution in [3.63, 3.8) is 0 Å². The number of nitrogens with two attached hydrogens (primary N) is 1. The summed E-state index contributed by atoms with van der Waals surface area (Å²) in [6.07, 6.45) is 0.743. The van der Waals surface area contributed by atoms with Crippen molar-refractivity contribution in [3.05, 3.63) is 29.8 Å². The Hall–Kier alpha value is -1.40. The number of amidine groups is 1. The minimum atomic E-state index is -3.40. The lowest BCUT2D eigenvalue weighted by Crippen LogP contribution is -2.22. The van der Waals surface area contributed by atoms with Crippen molar-refractivity contribution in [2.24, 2.45) is 10.7 Å². The molecular formula is C10H13N3O2S. The van der Waals surface area contributed by atoms with Crippen LogP contribution in [0.15, 0.2) is 34.2 Å². The number of aliphatic imine (C=N–C) groups is 1. The van der Waals surface area contributed by atoms with E-state index >= 15 is 0 Å². The zero-order chi connectivity index (χ0) is 11.6. The zero-order valence-electron chi connectivity index (χ0n) is 8.68. The number of hydrogen-bond donors (Lipinski definition) is 2. The Balaban J connectivity index is 2.37. The summed E-state index contributed by atoms with van der Waals surface area (Å²) in [4.78, 5) is 4.49. The number of rotatable bonds is 3. The molecule has 1 aliphatic heterocycles. The summed E-state index contributed by atoms with van der Waals surface area (Å²) in [7, 11) is -3.40. The maximum atomic E-state index is 11.7. The molecule has 0 atom stereocenters. The molecule has 1 aliphatic rings. The van der Waals surface area contributed by atoms with Crippen LogP contribution in [-0.2, 0) is 10.0 Å². The smallest absolute Gasteiger partial charge is 0.263 e. The molecule has 0 unspecified atom stereocenters. The molecule has 0 bridgehead atoms. The third kappa shape index (κ3) is 1.94. The molecule has 0 saturated heterocycles. The predicted octanol–water partition coefficient (Wildman–Crippen LogP) is 0.0739. The highest BCUT2D eigenvalue weighted by atomic mass is 32.2. The topological polar surface area (TPSA) is 84.5 Å². The van der Waals surface area contributed by atoms with Crippen LogP contribution in [0.1, 0.15) is 12.0 Å². The molecular weight excluding hydrogens is 226 g/mol. The summed E-state index contributed by atoms with van der Waals surface area (Å²) >= 11 is 0. The van der Waals surface area contributed by atoms with Crippen LogP contribution < -0.4 is 10.5 Å². The summed E-state index contributed by atoms with van der Waals surface area (Å²) in [6, 6.07) is 6.80. The SMILES string of the molecule is NCCCN=C1NS(=O)(=O)c2ccccc21. The molecule has 6 heteroatoms. The summed E-state index contributed by atoms with van der Waals surface area (Å²) in [5.41, 5.74) is 5.99. The molecule has 0 spiro atoms. The van der Waals surface area contributed by atoms with Gasteiger partial charge in [0.15, 0.2) is 0 Å². The second-order valence-corrected chi connectivity index (χ2v) is 5.13. The minimum Gasteiger partial charge on any atom is -0.330 e. The molecule has 0 saturated carbocycles. The van der Waals surface area contributed by atoms with Gasteiger partial charge in [-0.15, -0.1) is 0 Å². The molecule has 1 aromatic carbocycles. The van der Waals surface area contributed by atoms with E-state index in [1.54, 1.807) is 24.3 Å². The van der Waals surface area contributed by atoms with Crippen LogP contribution in [0.4, 0.5) is 0 Å². The lowest BCUT2D eigenvalue weighted by Gasteiger charge is -1.97. The molecule has 0 fully saturated rings. The first-order valence-electron chi connectivity index (χ1n) is 5.02. The monoisotopic (exact) mass is 239 g/mol. The summed E-state index contributed by atoms with van der Waals surface area (Å²) in [5, 5.41) is 0. The van der Waals surface area contributed by atoms with Gasteiger partial charge >= 0.3 is 0 Å². The molecule has 0 radical (unpaired) electrons. The maximum Gasteiger partial charge on any atom is 0.263 e. The first kappa shape index (κ1) is 11.1. The van der Waals surface area contributed by atoms with Gasteiger partial charge in [-0.05, 0) is 25.1 Å². The van der Waals surface area contributed by atoms with Gasteiger partial charge in [0.1, 0.15) is 5.84 Å². The van der Waals surface area contributed by atoms with Crippen molar-refractivity contribution in [3.8, 4) is 0 Å². The van der Waals surface area contributed by atoms with Crippen molar-refractivity contribution in [2.75, 3.05) is 13.1 Å². The van der Waals surface area contributed by atoms with Gasteiger partial charge in [-0.25, -0.2) is 8.42 Å². The molecule has 0 aliphatic carbocycles. The van der Waals surface area contributed by atoms with E-state index in [0.29, 0.717) is 29.4 Å². The van der Waals surface area contributed by atoms with Gasteiger partial charge in [-0.3, -0.25) is 9.71 Å². The fourth-order valence-corrected chi connectivity index (χ4v) is 2.78. The number of hydrogen-bond acceptors (Lipinski definition) is 4. The fraction of sp³-hybridized carbons (Fsp3) is 0.300. The van der Waals surface area contributed by atoms with E-state index in [-0.39, 0.29) is 0 Å². The Kier molecular flexibility index (Phi) is 2.93. The number of benzene rings is 1. The number of sulfonamides is 1. The van der Waals surface area contributed by atoms with E-state index in [4.69, 9.17) is 5.73 Å². The highest BCUT2D eigenvalue weighted by Crippen LogP contribution is 2.21. The lowest BCUT2D eigenvalue weighted by molar-refractivity contribution is 0.595. The highest BCUT2D eigenvalue weighted by Gasteiger charge is 2.29. The highest BCUT2D eigenvalue weighted by molar-refractivity contribution is 7.90. The van der Waals surface area contributed by atoms with Crippen molar-refractivity contribution >= 4 is 15.9 Å². The van der Waals surface area contributed by atoms with Gasteiger partial charge < -0.3 is 5.73 Å². The molecule has 86 valence electrons. The van der Waals surface area contributed by atoms with Crippen LogP contribution in [0.2, 0.25) is 0 Å². The van der Waals surface area contributed by atoms with Crippen molar-refractivity contribution < 1.29 is 8.42 Å². The molecule has 16 heavy (non-hydrogen) atoms. The van der Waals surface area contributed by atoms with E-state index in [2.05, 4.69) is 9.71 Å². The van der Waals surface area contributed by atoms with Crippen molar-refractivity contribution in [1.29, 1.82) is 0 Å². The second-order valence-electron chi connectivity index (χ2n) is 3.47.